The Morgan fingerprint density at radius 3 is 2.72 bits per heavy atom. The number of nitrogens with two attached hydrogens (primary N) is 1. The Bertz CT molecular complexity index is 1120. The molecule has 1 saturated carbocycles. The monoisotopic (exact) mass is 387 g/mol. The Labute approximate surface area is 168 Å². The van der Waals surface area contributed by atoms with Gasteiger partial charge in [-0.3, -0.25) is 4.79 Å². The summed E-state index contributed by atoms with van der Waals surface area (Å²) < 4.78 is 0. The van der Waals surface area contributed by atoms with Gasteiger partial charge in [-0.15, -0.1) is 0 Å². The van der Waals surface area contributed by atoms with Gasteiger partial charge in [0.05, 0.1) is 29.0 Å². The molecule has 0 unspecified atom stereocenters. The Hall–Kier alpha value is -3.60. The first-order valence-corrected chi connectivity index (χ1v) is 9.73. The molecule has 8 nitrogen and oxygen atoms in total. The molecule has 2 fully saturated rings. The van der Waals surface area contributed by atoms with E-state index in [9.17, 15) is 4.79 Å². The molecule has 3 heterocycles. The van der Waals surface area contributed by atoms with Gasteiger partial charge in [-0.25, -0.2) is 0 Å². The van der Waals surface area contributed by atoms with Crippen molar-refractivity contribution in [3.63, 3.8) is 0 Å². The number of nitrogen functional groups attached to an aromatic ring is 1. The molecule has 1 amide bonds. The number of piperazine rings is 1. The van der Waals surface area contributed by atoms with Crippen LogP contribution in [0, 0.1) is 11.3 Å². The highest BCUT2D eigenvalue weighted by Crippen LogP contribution is 2.45. The summed E-state index contributed by atoms with van der Waals surface area (Å²) in [5.74, 6) is 1.22. The van der Waals surface area contributed by atoms with E-state index in [4.69, 9.17) is 11.0 Å². The smallest absolute Gasteiger partial charge is 0.227 e. The number of carbonyl (C=O) groups excluding carboxylic acids is 1. The molecule has 1 aromatic carbocycles. The second-order valence-corrected chi connectivity index (χ2v) is 7.82. The van der Waals surface area contributed by atoms with Crippen LogP contribution in [0.2, 0.25) is 0 Å². The van der Waals surface area contributed by atoms with Crippen molar-refractivity contribution in [2.24, 2.45) is 0 Å². The summed E-state index contributed by atoms with van der Waals surface area (Å²) in [7, 11) is 0. The molecule has 3 aromatic rings. The second kappa shape index (κ2) is 6.48. The Balaban J connectivity index is 1.35. The number of H-pyrrole nitrogens is 1. The Morgan fingerprint density at radius 1 is 1.21 bits per heavy atom. The molecule has 146 valence electrons. The van der Waals surface area contributed by atoms with Gasteiger partial charge in [0.15, 0.2) is 0 Å². The predicted octanol–water partition coefficient (Wildman–Crippen LogP) is 1.84. The lowest BCUT2D eigenvalue weighted by Gasteiger charge is -2.43. The van der Waals surface area contributed by atoms with Crippen LogP contribution in [0.4, 0.5) is 11.8 Å². The standard InChI is InChI=1S/C21H21N7O/c22-12-15-3-1-14(2-4-15)11-17(29)28-10-9-27(13-21(28)6-7-21)19-16-5-8-24-18(16)25-20(23)26-19/h1-5,8H,6-7,9-11,13H2,(H3,23,24,25,26). The Kier molecular flexibility index (Phi) is 3.91. The number of amides is 1. The van der Waals surface area contributed by atoms with Crippen LogP contribution in [-0.4, -0.2) is 50.9 Å². The number of nitrogens with one attached hydrogen (secondary N) is 1. The second-order valence-electron chi connectivity index (χ2n) is 7.82. The lowest BCUT2D eigenvalue weighted by molar-refractivity contribution is -0.134. The molecular weight excluding hydrogens is 366 g/mol. The molecule has 1 aliphatic carbocycles. The fourth-order valence-electron chi connectivity index (χ4n) is 4.27. The zero-order valence-electron chi connectivity index (χ0n) is 15.9. The van der Waals surface area contributed by atoms with Crippen LogP contribution in [0.25, 0.3) is 11.0 Å². The van der Waals surface area contributed by atoms with Gasteiger partial charge < -0.3 is 20.5 Å². The highest BCUT2D eigenvalue weighted by molar-refractivity contribution is 5.89. The SMILES string of the molecule is N#Cc1ccc(CC(=O)N2CCN(c3nc(N)nc4[nH]ccc34)CC23CC3)cc1. The van der Waals surface area contributed by atoms with Gasteiger partial charge in [-0.2, -0.15) is 15.2 Å². The summed E-state index contributed by atoms with van der Waals surface area (Å²) in [5, 5.41) is 9.88. The molecule has 2 aromatic heterocycles. The van der Waals surface area contributed by atoms with E-state index in [1.807, 2.05) is 29.3 Å². The number of fused-ring (bicyclic) bond motifs is 1. The van der Waals surface area contributed by atoms with Crippen LogP contribution >= 0.6 is 0 Å². The molecule has 0 atom stereocenters. The maximum atomic E-state index is 13.0. The van der Waals surface area contributed by atoms with Crippen molar-refractivity contribution in [3.8, 4) is 6.07 Å². The van der Waals surface area contributed by atoms with Gasteiger partial charge in [0.2, 0.25) is 11.9 Å². The third-order valence-electron chi connectivity index (χ3n) is 5.93. The number of hydrogen-bond donors (Lipinski definition) is 2. The van der Waals surface area contributed by atoms with Crippen molar-refractivity contribution < 1.29 is 4.79 Å². The molecule has 8 heteroatoms. The van der Waals surface area contributed by atoms with E-state index < -0.39 is 0 Å². The van der Waals surface area contributed by atoms with Crippen LogP contribution in [-0.2, 0) is 11.2 Å². The highest BCUT2D eigenvalue weighted by atomic mass is 16.2. The summed E-state index contributed by atoms with van der Waals surface area (Å²) in [5.41, 5.74) is 8.05. The minimum Gasteiger partial charge on any atom is -0.368 e. The summed E-state index contributed by atoms with van der Waals surface area (Å²) in [6, 6.07) is 11.3. The molecule has 5 rings (SSSR count). The zero-order chi connectivity index (χ0) is 20.0. The van der Waals surface area contributed by atoms with Gasteiger partial charge in [0, 0.05) is 25.8 Å². The third kappa shape index (κ3) is 3.05. The minimum absolute atomic E-state index is 0.121. The molecule has 1 spiro atoms. The van der Waals surface area contributed by atoms with Gasteiger partial charge >= 0.3 is 0 Å². The first kappa shape index (κ1) is 17.5. The van der Waals surface area contributed by atoms with Crippen LogP contribution in [0.3, 0.4) is 0 Å². The van der Waals surface area contributed by atoms with Crippen molar-refractivity contribution >= 4 is 28.7 Å². The number of benzene rings is 1. The number of anilines is 2. The molecule has 3 N–H and O–H groups in total. The summed E-state index contributed by atoms with van der Waals surface area (Å²) >= 11 is 0. The number of aromatic amines is 1. The van der Waals surface area contributed by atoms with E-state index in [0.717, 1.165) is 41.8 Å². The largest absolute Gasteiger partial charge is 0.368 e. The predicted molar refractivity (Wildman–Crippen MR) is 109 cm³/mol. The average Bonchev–Trinajstić information content (AvgIpc) is 3.31. The summed E-state index contributed by atoms with van der Waals surface area (Å²) in [6.07, 6.45) is 4.20. The first-order chi connectivity index (χ1) is 14.1. The lowest BCUT2D eigenvalue weighted by atomic mass is 10.1. The van der Waals surface area contributed by atoms with E-state index >= 15 is 0 Å². The van der Waals surface area contributed by atoms with Crippen LogP contribution in [0.1, 0.15) is 24.0 Å². The van der Waals surface area contributed by atoms with Crippen molar-refractivity contribution in [1.29, 1.82) is 5.26 Å². The molecule has 2 aliphatic rings. The van der Waals surface area contributed by atoms with Gasteiger partial charge in [-0.05, 0) is 36.6 Å². The molecule has 0 radical (unpaired) electrons. The van der Waals surface area contributed by atoms with E-state index in [1.165, 1.54) is 0 Å². The average molecular weight is 387 g/mol. The Morgan fingerprint density at radius 2 is 2.00 bits per heavy atom. The number of carbonyl (C=O) groups is 1. The molecule has 0 bridgehead atoms. The normalized spacial score (nSPS) is 17.5. The van der Waals surface area contributed by atoms with E-state index in [2.05, 4.69) is 25.9 Å². The van der Waals surface area contributed by atoms with Crippen LogP contribution in [0.5, 0.6) is 0 Å². The van der Waals surface area contributed by atoms with Gasteiger partial charge in [0.1, 0.15) is 11.5 Å². The lowest BCUT2D eigenvalue weighted by Crippen LogP contribution is -2.57. The first-order valence-electron chi connectivity index (χ1n) is 9.73. The van der Waals surface area contributed by atoms with Crippen molar-refractivity contribution in [1.82, 2.24) is 19.9 Å². The number of nitrogens with zero attached hydrogens (tertiary/aromatic N) is 5. The maximum Gasteiger partial charge on any atom is 0.227 e. The number of rotatable bonds is 3. The topological polar surface area (TPSA) is 115 Å². The van der Waals surface area contributed by atoms with Gasteiger partial charge in [0.25, 0.3) is 0 Å². The summed E-state index contributed by atoms with van der Waals surface area (Å²) in [4.78, 5) is 29.1. The van der Waals surface area contributed by atoms with Crippen molar-refractivity contribution in [2.45, 2.75) is 24.8 Å². The maximum absolute atomic E-state index is 13.0. The highest BCUT2D eigenvalue weighted by Gasteiger charge is 2.53. The zero-order valence-corrected chi connectivity index (χ0v) is 15.9. The fraction of sp³-hybridized carbons (Fsp3) is 0.333. The number of hydrogen-bond acceptors (Lipinski definition) is 6. The summed E-state index contributed by atoms with van der Waals surface area (Å²) in [6.45, 7) is 2.12. The third-order valence-corrected chi connectivity index (χ3v) is 5.93. The van der Waals surface area contributed by atoms with Gasteiger partial charge in [-0.1, -0.05) is 12.1 Å². The quantitative estimate of drug-likeness (QED) is 0.709. The molecule has 1 saturated heterocycles. The molecular formula is C21H21N7O. The fourth-order valence-corrected chi connectivity index (χ4v) is 4.27. The van der Waals surface area contributed by atoms with Crippen LogP contribution < -0.4 is 10.6 Å². The van der Waals surface area contributed by atoms with Crippen molar-refractivity contribution in [2.75, 3.05) is 30.3 Å². The number of aromatic nitrogens is 3. The van der Waals surface area contributed by atoms with E-state index in [1.54, 1.807) is 12.1 Å². The molecule has 29 heavy (non-hydrogen) atoms. The van der Waals surface area contributed by atoms with E-state index in [-0.39, 0.29) is 17.4 Å². The minimum atomic E-state index is -0.121. The van der Waals surface area contributed by atoms with E-state index in [0.29, 0.717) is 25.1 Å². The van der Waals surface area contributed by atoms with Crippen LogP contribution in [0.15, 0.2) is 36.5 Å². The number of nitriles is 1. The van der Waals surface area contributed by atoms with Crippen molar-refractivity contribution in [3.05, 3.63) is 47.7 Å². The molecule has 1 aliphatic heterocycles.